The van der Waals surface area contributed by atoms with E-state index in [1.165, 1.54) is 6.07 Å². The van der Waals surface area contributed by atoms with Gasteiger partial charge in [-0.15, -0.1) is 0 Å². The summed E-state index contributed by atoms with van der Waals surface area (Å²) in [6.07, 6.45) is 0.930. The van der Waals surface area contributed by atoms with Crippen LogP contribution in [0.2, 0.25) is 10.0 Å². The highest BCUT2D eigenvalue weighted by Gasteiger charge is 2.31. The van der Waals surface area contributed by atoms with E-state index in [0.29, 0.717) is 34.4 Å². The molecule has 7 heteroatoms. The summed E-state index contributed by atoms with van der Waals surface area (Å²) in [5.74, 6) is -0.542. The van der Waals surface area contributed by atoms with Crippen molar-refractivity contribution < 1.29 is 19.1 Å². The highest BCUT2D eigenvalue weighted by atomic mass is 35.5. The number of hydrogen-bond acceptors (Lipinski definition) is 4. The van der Waals surface area contributed by atoms with Gasteiger partial charge in [-0.25, -0.2) is 4.79 Å². The zero-order valence-corrected chi connectivity index (χ0v) is 16.1. The molecular formula is C20H19Cl2NO4. The second-order valence-electron chi connectivity index (χ2n) is 6.18. The van der Waals surface area contributed by atoms with Crippen molar-refractivity contribution in [2.24, 2.45) is 0 Å². The number of ether oxygens (including phenoxy) is 2. The van der Waals surface area contributed by atoms with E-state index in [0.717, 1.165) is 12.8 Å². The molecule has 27 heavy (non-hydrogen) atoms. The van der Waals surface area contributed by atoms with Crippen LogP contribution in [0.4, 0.5) is 0 Å². The maximum atomic E-state index is 12.8. The summed E-state index contributed by atoms with van der Waals surface area (Å²) in [4.78, 5) is 26.9. The molecule has 0 aliphatic carbocycles. The lowest BCUT2D eigenvalue weighted by molar-refractivity contribution is -0.162. The molecule has 1 saturated heterocycles. The Balaban J connectivity index is 1.67. The first kappa shape index (κ1) is 19.5. The molecule has 0 unspecified atom stereocenters. The van der Waals surface area contributed by atoms with Gasteiger partial charge in [0.25, 0.3) is 5.91 Å². The van der Waals surface area contributed by atoms with Crippen LogP contribution in [0.3, 0.4) is 0 Å². The summed E-state index contributed by atoms with van der Waals surface area (Å²) in [6.45, 7) is 0.991. The van der Waals surface area contributed by atoms with E-state index in [1.807, 2.05) is 6.07 Å². The van der Waals surface area contributed by atoms with Gasteiger partial charge in [0.1, 0.15) is 5.75 Å². The first-order valence-corrected chi connectivity index (χ1v) is 9.41. The highest BCUT2D eigenvalue weighted by Crippen LogP contribution is 2.28. The van der Waals surface area contributed by atoms with Crippen molar-refractivity contribution in [1.29, 1.82) is 0 Å². The fourth-order valence-corrected chi connectivity index (χ4v) is 3.35. The Bertz CT molecular complexity index is 807. The molecule has 1 heterocycles. The molecule has 142 valence electrons. The number of likely N-dealkylation sites (tertiary alicyclic amines) is 1. The molecule has 0 bridgehead atoms. The number of amides is 1. The molecule has 1 amide bonds. The van der Waals surface area contributed by atoms with Gasteiger partial charge in [0.15, 0.2) is 6.61 Å². The molecule has 2 aromatic carbocycles. The number of carbonyl (C=O) groups is 2. The molecular weight excluding hydrogens is 389 g/mol. The minimum Gasteiger partial charge on any atom is -0.480 e. The van der Waals surface area contributed by atoms with Crippen LogP contribution in [0.1, 0.15) is 24.5 Å². The molecule has 1 aliphatic rings. The lowest BCUT2D eigenvalue weighted by atomic mass is 10.1. The van der Waals surface area contributed by atoms with Crippen LogP contribution in [-0.4, -0.2) is 36.5 Å². The topological polar surface area (TPSA) is 55.8 Å². The maximum Gasteiger partial charge on any atom is 0.345 e. The van der Waals surface area contributed by atoms with Crippen LogP contribution < -0.4 is 4.74 Å². The molecule has 0 radical (unpaired) electrons. The summed E-state index contributed by atoms with van der Waals surface area (Å²) in [6, 6.07) is 13.7. The van der Waals surface area contributed by atoms with E-state index in [2.05, 4.69) is 0 Å². The van der Waals surface area contributed by atoms with E-state index in [-0.39, 0.29) is 12.5 Å². The van der Waals surface area contributed by atoms with Crippen molar-refractivity contribution in [3.05, 3.63) is 64.1 Å². The SMILES string of the molecule is O=C(COc1ccc(Cl)cc1Cl)O[C@@H](C(=O)N1CCCC1)c1ccccc1. The Labute approximate surface area is 167 Å². The van der Waals surface area contributed by atoms with Crippen LogP contribution in [0.15, 0.2) is 48.5 Å². The van der Waals surface area contributed by atoms with E-state index in [9.17, 15) is 9.59 Å². The van der Waals surface area contributed by atoms with Crippen LogP contribution in [0, 0.1) is 0 Å². The van der Waals surface area contributed by atoms with E-state index >= 15 is 0 Å². The quantitative estimate of drug-likeness (QED) is 0.670. The molecule has 1 aliphatic heterocycles. The van der Waals surface area contributed by atoms with Gasteiger partial charge in [-0.2, -0.15) is 0 Å². The molecule has 1 atom stereocenters. The van der Waals surface area contributed by atoms with Gasteiger partial charge in [-0.3, -0.25) is 4.79 Å². The summed E-state index contributed by atoms with van der Waals surface area (Å²) in [7, 11) is 0. The largest absolute Gasteiger partial charge is 0.480 e. The van der Waals surface area contributed by atoms with Gasteiger partial charge in [-0.05, 0) is 31.0 Å². The van der Waals surface area contributed by atoms with Crippen LogP contribution in [0.25, 0.3) is 0 Å². The Morgan fingerprint density at radius 2 is 1.74 bits per heavy atom. The van der Waals surface area contributed by atoms with Gasteiger partial charge >= 0.3 is 5.97 Å². The fourth-order valence-electron chi connectivity index (χ4n) is 2.89. The van der Waals surface area contributed by atoms with E-state index < -0.39 is 12.1 Å². The van der Waals surface area contributed by atoms with Crippen molar-refractivity contribution >= 4 is 35.1 Å². The van der Waals surface area contributed by atoms with Gasteiger partial charge in [0.05, 0.1) is 5.02 Å². The monoisotopic (exact) mass is 407 g/mol. The predicted molar refractivity (Wildman–Crippen MR) is 103 cm³/mol. The molecule has 0 spiro atoms. The molecule has 0 saturated carbocycles. The molecule has 3 rings (SSSR count). The third-order valence-electron chi connectivity index (χ3n) is 4.23. The predicted octanol–water partition coefficient (Wildman–Crippen LogP) is 4.28. The van der Waals surface area contributed by atoms with Crippen molar-refractivity contribution in [3.63, 3.8) is 0 Å². The fraction of sp³-hybridized carbons (Fsp3) is 0.300. The van der Waals surface area contributed by atoms with Crippen molar-refractivity contribution in [1.82, 2.24) is 4.90 Å². The zero-order chi connectivity index (χ0) is 19.2. The Kier molecular flexibility index (Phi) is 6.58. The van der Waals surface area contributed by atoms with Crippen LogP contribution in [-0.2, 0) is 14.3 Å². The molecule has 5 nitrogen and oxygen atoms in total. The molecule has 0 N–H and O–H groups in total. The average molecular weight is 408 g/mol. The first-order chi connectivity index (χ1) is 13.0. The molecule has 0 aromatic heterocycles. The normalized spacial score (nSPS) is 14.7. The minimum atomic E-state index is -0.985. The zero-order valence-electron chi connectivity index (χ0n) is 14.6. The molecule has 2 aromatic rings. The molecule has 1 fully saturated rings. The van der Waals surface area contributed by atoms with E-state index in [1.54, 1.807) is 41.3 Å². The average Bonchev–Trinajstić information content (AvgIpc) is 3.20. The van der Waals surface area contributed by atoms with Crippen molar-refractivity contribution in [3.8, 4) is 5.75 Å². The first-order valence-electron chi connectivity index (χ1n) is 8.65. The minimum absolute atomic E-state index is 0.212. The number of benzene rings is 2. The van der Waals surface area contributed by atoms with Crippen molar-refractivity contribution in [2.45, 2.75) is 18.9 Å². The Morgan fingerprint density at radius 3 is 2.41 bits per heavy atom. The Morgan fingerprint density at radius 1 is 1.04 bits per heavy atom. The number of hydrogen-bond donors (Lipinski definition) is 0. The number of carbonyl (C=O) groups excluding carboxylic acids is 2. The van der Waals surface area contributed by atoms with Gasteiger partial charge in [0.2, 0.25) is 6.10 Å². The third kappa shape index (κ3) is 5.15. The van der Waals surface area contributed by atoms with E-state index in [4.69, 9.17) is 32.7 Å². The summed E-state index contributed by atoms with van der Waals surface area (Å²) in [5.41, 5.74) is 0.632. The number of rotatable bonds is 6. The second kappa shape index (κ2) is 9.11. The van der Waals surface area contributed by atoms with Gasteiger partial charge in [0, 0.05) is 23.7 Å². The maximum absolute atomic E-state index is 12.8. The lowest BCUT2D eigenvalue weighted by Gasteiger charge is -2.23. The second-order valence-corrected chi connectivity index (χ2v) is 7.02. The van der Waals surface area contributed by atoms with Crippen molar-refractivity contribution in [2.75, 3.05) is 19.7 Å². The van der Waals surface area contributed by atoms with Crippen LogP contribution in [0.5, 0.6) is 5.75 Å². The summed E-state index contributed by atoms with van der Waals surface area (Å²) in [5, 5.41) is 0.762. The highest BCUT2D eigenvalue weighted by molar-refractivity contribution is 6.35. The number of halogens is 2. The number of nitrogens with zero attached hydrogens (tertiary/aromatic N) is 1. The standard InChI is InChI=1S/C20H19Cl2NO4/c21-15-8-9-17(16(22)12-15)26-13-18(24)27-19(14-6-2-1-3-7-14)20(25)23-10-4-5-11-23/h1-3,6-9,12,19H,4-5,10-11,13H2/t19-/m1/s1. The smallest absolute Gasteiger partial charge is 0.345 e. The van der Waals surface area contributed by atoms with Crippen LogP contribution >= 0.6 is 23.2 Å². The van der Waals surface area contributed by atoms with Gasteiger partial charge in [-0.1, -0.05) is 53.5 Å². The Hall–Kier alpha value is -2.24. The van der Waals surface area contributed by atoms with Gasteiger partial charge < -0.3 is 14.4 Å². The summed E-state index contributed by atoms with van der Waals surface area (Å²) >= 11 is 11.9. The third-order valence-corrected chi connectivity index (χ3v) is 4.76. The number of esters is 1. The lowest BCUT2D eigenvalue weighted by Crippen LogP contribution is -2.35. The summed E-state index contributed by atoms with van der Waals surface area (Å²) < 4.78 is 10.9.